The summed E-state index contributed by atoms with van der Waals surface area (Å²) in [6.07, 6.45) is 0. The molecular formula is C16H18O4S. The average molecular weight is 306 g/mol. The zero-order valence-electron chi connectivity index (χ0n) is 12.3. The van der Waals surface area contributed by atoms with E-state index in [1.807, 2.05) is 6.92 Å². The molecule has 0 saturated carbocycles. The summed E-state index contributed by atoms with van der Waals surface area (Å²) in [6.45, 7) is 1.92. The summed E-state index contributed by atoms with van der Waals surface area (Å²) < 4.78 is 35.6. The van der Waals surface area contributed by atoms with E-state index in [-0.39, 0.29) is 5.75 Å². The predicted octanol–water partition coefficient (Wildman–Crippen LogP) is 2.99. The molecule has 0 heterocycles. The fraction of sp³-hybridized carbons (Fsp3) is 0.250. The van der Waals surface area contributed by atoms with Crippen LogP contribution in [-0.2, 0) is 15.6 Å². The minimum atomic E-state index is -3.46. The third-order valence-electron chi connectivity index (χ3n) is 3.24. The topological polar surface area (TPSA) is 52.6 Å². The summed E-state index contributed by atoms with van der Waals surface area (Å²) in [6, 6.07) is 12.0. The second-order valence-electron chi connectivity index (χ2n) is 4.71. The van der Waals surface area contributed by atoms with Crippen molar-refractivity contribution in [2.75, 3.05) is 14.2 Å². The lowest BCUT2D eigenvalue weighted by molar-refractivity contribution is 0.387. The van der Waals surface area contributed by atoms with Gasteiger partial charge in [0.05, 0.1) is 30.4 Å². The van der Waals surface area contributed by atoms with Crippen molar-refractivity contribution in [3.63, 3.8) is 0 Å². The van der Waals surface area contributed by atoms with Gasteiger partial charge in [0.2, 0.25) is 0 Å². The SMILES string of the molecule is COc1cccc(OC)c1CS(=O)(=O)c1ccc(C)cc1. The van der Waals surface area contributed by atoms with E-state index in [1.54, 1.807) is 42.5 Å². The summed E-state index contributed by atoms with van der Waals surface area (Å²) in [5, 5.41) is 0. The number of hydrogen-bond donors (Lipinski definition) is 0. The van der Waals surface area contributed by atoms with Gasteiger partial charge in [-0.05, 0) is 31.2 Å². The van der Waals surface area contributed by atoms with Crippen LogP contribution >= 0.6 is 0 Å². The van der Waals surface area contributed by atoms with Crippen LogP contribution < -0.4 is 9.47 Å². The van der Waals surface area contributed by atoms with Gasteiger partial charge in [0.15, 0.2) is 9.84 Å². The minimum Gasteiger partial charge on any atom is -0.496 e. The highest BCUT2D eigenvalue weighted by molar-refractivity contribution is 7.90. The molecule has 0 unspecified atom stereocenters. The Labute approximate surface area is 125 Å². The monoisotopic (exact) mass is 306 g/mol. The van der Waals surface area contributed by atoms with E-state index in [0.29, 0.717) is 22.0 Å². The number of hydrogen-bond acceptors (Lipinski definition) is 4. The quantitative estimate of drug-likeness (QED) is 0.852. The van der Waals surface area contributed by atoms with Crippen molar-refractivity contribution in [3.05, 3.63) is 53.6 Å². The molecule has 0 bridgehead atoms. The summed E-state index contributed by atoms with van der Waals surface area (Å²) in [4.78, 5) is 0.293. The number of rotatable bonds is 5. The summed E-state index contributed by atoms with van der Waals surface area (Å²) >= 11 is 0. The molecule has 0 N–H and O–H groups in total. The highest BCUT2D eigenvalue weighted by atomic mass is 32.2. The Hall–Kier alpha value is -2.01. The number of benzene rings is 2. The highest BCUT2D eigenvalue weighted by Gasteiger charge is 2.20. The zero-order valence-corrected chi connectivity index (χ0v) is 13.1. The second kappa shape index (κ2) is 6.18. The molecule has 0 saturated heterocycles. The maximum Gasteiger partial charge on any atom is 0.182 e. The fourth-order valence-corrected chi connectivity index (χ4v) is 3.47. The summed E-state index contributed by atoms with van der Waals surface area (Å²) in [5.41, 5.74) is 1.55. The van der Waals surface area contributed by atoms with Gasteiger partial charge in [-0.3, -0.25) is 0 Å². The smallest absolute Gasteiger partial charge is 0.182 e. The van der Waals surface area contributed by atoms with Gasteiger partial charge in [-0.2, -0.15) is 0 Å². The largest absolute Gasteiger partial charge is 0.496 e. The van der Waals surface area contributed by atoms with Crippen molar-refractivity contribution in [3.8, 4) is 11.5 Å². The molecule has 5 heteroatoms. The Balaban J connectivity index is 2.43. The lowest BCUT2D eigenvalue weighted by Crippen LogP contribution is -2.07. The highest BCUT2D eigenvalue weighted by Crippen LogP contribution is 2.31. The molecule has 0 fully saturated rings. The van der Waals surface area contributed by atoms with Crippen molar-refractivity contribution in [1.29, 1.82) is 0 Å². The van der Waals surface area contributed by atoms with Crippen LogP contribution in [0.2, 0.25) is 0 Å². The van der Waals surface area contributed by atoms with E-state index < -0.39 is 9.84 Å². The molecule has 0 amide bonds. The van der Waals surface area contributed by atoms with Crippen LogP contribution in [0.25, 0.3) is 0 Å². The van der Waals surface area contributed by atoms with E-state index in [9.17, 15) is 8.42 Å². The van der Waals surface area contributed by atoms with Crippen molar-refractivity contribution in [2.24, 2.45) is 0 Å². The lowest BCUT2D eigenvalue weighted by atomic mass is 10.2. The molecule has 112 valence electrons. The third kappa shape index (κ3) is 3.36. The maximum absolute atomic E-state index is 12.5. The molecular weight excluding hydrogens is 288 g/mol. The first-order valence-electron chi connectivity index (χ1n) is 6.47. The van der Waals surface area contributed by atoms with E-state index in [1.165, 1.54) is 14.2 Å². The number of aryl methyl sites for hydroxylation is 1. The van der Waals surface area contributed by atoms with Gasteiger partial charge in [0.1, 0.15) is 11.5 Å². The maximum atomic E-state index is 12.5. The van der Waals surface area contributed by atoms with Crippen molar-refractivity contribution in [1.82, 2.24) is 0 Å². The van der Waals surface area contributed by atoms with E-state index in [4.69, 9.17) is 9.47 Å². The van der Waals surface area contributed by atoms with E-state index in [0.717, 1.165) is 5.56 Å². The van der Waals surface area contributed by atoms with Gasteiger partial charge < -0.3 is 9.47 Å². The Morgan fingerprint density at radius 3 is 1.90 bits per heavy atom. The first kappa shape index (κ1) is 15.4. The molecule has 0 aliphatic rings. The molecule has 0 spiro atoms. The molecule has 4 nitrogen and oxygen atoms in total. The van der Waals surface area contributed by atoms with E-state index in [2.05, 4.69) is 0 Å². The zero-order chi connectivity index (χ0) is 15.5. The third-order valence-corrected chi connectivity index (χ3v) is 4.90. The number of ether oxygens (including phenoxy) is 2. The van der Waals surface area contributed by atoms with Crippen LogP contribution in [0.15, 0.2) is 47.4 Å². The van der Waals surface area contributed by atoms with Gasteiger partial charge in [-0.15, -0.1) is 0 Å². The van der Waals surface area contributed by atoms with Crippen LogP contribution in [0.4, 0.5) is 0 Å². The van der Waals surface area contributed by atoms with Crippen molar-refractivity contribution in [2.45, 2.75) is 17.6 Å². The van der Waals surface area contributed by atoms with Crippen LogP contribution in [0.3, 0.4) is 0 Å². The Kier molecular flexibility index (Phi) is 4.53. The van der Waals surface area contributed by atoms with Crippen LogP contribution in [0.1, 0.15) is 11.1 Å². The molecule has 2 aromatic carbocycles. The summed E-state index contributed by atoms with van der Waals surface area (Å²) in [5.74, 6) is 0.846. The molecule has 0 aliphatic heterocycles. The predicted molar refractivity (Wildman–Crippen MR) is 81.6 cm³/mol. The number of methoxy groups -OCH3 is 2. The molecule has 0 atom stereocenters. The molecule has 21 heavy (non-hydrogen) atoms. The van der Waals surface area contributed by atoms with Crippen LogP contribution in [0.5, 0.6) is 11.5 Å². The summed E-state index contributed by atoms with van der Waals surface area (Å²) in [7, 11) is -0.434. The van der Waals surface area contributed by atoms with E-state index >= 15 is 0 Å². The Bertz CT molecular complexity index is 696. The standard InChI is InChI=1S/C16H18O4S/c1-12-7-9-13(10-8-12)21(17,18)11-14-15(19-2)5-4-6-16(14)20-3/h4-10H,11H2,1-3H3. The second-order valence-corrected chi connectivity index (χ2v) is 6.70. The molecule has 0 aliphatic carbocycles. The van der Waals surface area contributed by atoms with Gasteiger partial charge in [0.25, 0.3) is 0 Å². The number of sulfone groups is 1. The normalized spacial score (nSPS) is 11.2. The van der Waals surface area contributed by atoms with Gasteiger partial charge in [-0.1, -0.05) is 23.8 Å². The first-order chi connectivity index (χ1) is 9.97. The lowest BCUT2D eigenvalue weighted by Gasteiger charge is -2.13. The molecule has 2 aromatic rings. The Morgan fingerprint density at radius 1 is 0.905 bits per heavy atom. The molecule has 0 radical (unpaired) electrons. The average Bonchev–Trinajstić information content (AvgIpc) is 2.47. The minimum absolute atomic E-state index is 0.163. The van der Waals surface area contributed by atoms with Crippen molar-refractivity contribution < 1.29 is 17.9 Å². The Morgan fingerprint density at radius 2 is 1.43 bits per heavy atom. The van der Waals surface area contributed by atoms with Gasteiger partial charge >= 0.3 is 0 Å². The van der Waals surface area contributed by atoms with Gasteiger partial charge in [0, 0.05) is 0 Å². The van der Waals surface area contributed by atoms with Crippen LogP contribution in [-0.4, -0.2) is 22.6 Å². The molecule has 2 rings (SSSR count). The first-order valence-corrected chi connectivity index (χ1v) is 8.12. The van der Waals surface area contributed by atoms with Crippen molar-refractivity contribution >= 4 is 9.84 Å². The fourth-order valence-electron chi connectivity index (χ4n) is 2.09. The van der Waals surface area contributed by atoms with Gasteiger partial charge in [-0.25, -0.2) is 8.42 Å². The molecule has 0 aromatic heterocycles. The van der Waals surface area contributed by atoms with Crippen LogP contribution in [0, 0.1) is 6.92 Å².